The van der Waals surface area contributed by atoms with E-state index < -0.39 is 10.0 Å². The van der Waals surface area contributed by atoms with Crippen LogP contribution in [0.15, 0.2) is 65.6 Å². The van der Waals surface area contributed by atoms with Crippen LogP contribution in [0.25, 0.3) is 0 Å². The van der Waals surface area contributed by atoms with E-state index in [2.05, 4.69) is 10.0 Å². The molecular weight excluding hydrogens is 444 g/mol. The molecule has 3 aromatic carbocycles. The van der Waals surface area contributed by atoms with E-state index >= 15 is 0 Å². The molecule has 0 bridgehead atoms. The number of amides is 1. The first-order valence-corrected chi connectivity index (χ1v) is 11.9. The first-order chi connectivity index (χ1) is 15.9. The molecule has 0 aromatic heterocycles. The Morgan fingerprint density at radius 1 is 1.00 bits per heavy atom. The van der Waals surface area contributed by atoms with Gasteiger partial charge in [-0.05, 0) is 73.5 Å². The highest BCUT2D eigenvalue weighted by Gasteiger charge is 2.20. The summed E-state index contributed by atoms with van der Waals surface area (Å²) in [6, 6.07) is 16.6. The van der Waals surface area contributed by atoms with Gasteiger partial charge < -0.3 is 19.5 Å². The number of sulfonamides is 1. The van der Waals surface area contributed by atoms with Gasteiger partial charge in [-0.1, -0.05) is 12.1 Å². The SMILES string of the molecule is CCOc1ccc(NS(=O)(=O)c2cc(C(=O)NCc3ccc4c(c3)OCO4)ccc2C)cc1. The summed E-state index contributed by atoms with van der Waals surface area (Å²) in [5.74, 6) is 1.56. The zero-order valence-electron chi connectivity index (χ0n) is 18.3. The van der Waals surface area contributed by atoms with E-state index in [1.807, 2.05) is 13.0 Å². The van der Waals surface area contributed by atoms with E-state index in [1.165, 1.54) is 6.07 Å². The number of fused-ring (bicyclic) bond motifs is 1. The molecule has 0 spiro atoms. The summed E-state index contributed by atoms with van der Waals surface area (Å²) in [5.41, 5.74) is 2.01. The molecule has 0 aliphatic carbocycles. The molecule has 0 saturated heterocycles. The molecule has 8 nitrogen and oxygen atoms in total. The Bertz CT molecular complexity index is 1270. The maximum absolute atomic E-state index is 13.0. The number of carbonyl (C=O) groups excluding carboxylic acids is 1. The predicted molar refractivity (Wildman–Crippen MR) is 123 cm³/mol. The number of rotatable bonds is 8. The lowest BCUT2D eigenvalue weighted by molar-refractivity contribution is 0.0950. The molecule has 0 atom stereocenters. The van der Waals surface area contributed by atoms with E-state index in [4.69, 9.17) is 14.2 Å². The normalized spacial score (nSPS) is 12.3. The average molecular weight is 469 g/mol. The molecule has 0 radical (unpaired) electrons. The van der Waals surface area contributed by atoms with Crippen molar-refractivity contribution in [2.75, 3.05) is 18.1 Å². The number of aryl methyl sites for hydroxylation is 1. The van der Waals surface area contributed by atoms with Crippen LogP contribution >= 0.6 is 0 Å². The zero-order chi connectivity index (χ0) is 23.4. The molecule has 1 amide bonds. The van der Waals surface area contributed by atoms with E-state index in [-0.39, 0.29) is 29.7 Å². The van der Waals surface area contributed by atoms with Gasteiger partial charge in [-0.2, -0.15) is 0 Å². The maximum Gasteiger partial charge on any atom is 0.262 e. The van der Waals surface area contributed by atoms with Crippen LogP contribution in [-0.2, 0) is 16.6 Å². The van der Waals surface area contributed by atoms with Crippen molar-refractivity contribution in [3.63, 3.8) is 0 Å². The molecule has 1 aliphatic heterocycles. The van der Waals surface area contributed by atoms with Crippen LogP contribution in [0.1, 0.15) is 28.4 Å². The van der Waals surface area contributed by atoms with Crippen LogP contribution < -0.4 is 24.2 Å². The first-order valence-electron chi connectivity index (χ1n) is 10.4. The second-order valence-electron chi connectivity index (χ2n) is 7.41. The van der Waals surface area contributed by atoms with Gasteiger partial charge in [0.05, 0.1) is 11.5 Å². The standard InChI is InChI=1S/C24H24N2O6S/c1-3-30-20-9-7-19(8-10-20)26-33(28,29)23-13-18(6-4-16(23)2)24(27)25-14-17-5-11-21-22(12-17)32-15-31-21/h4-13,26H,3,14-15H2,1-2H3,(H,25,27). The Morgan fingerprint density at radius 2 is 1.76 bits per heavy atom. The van der Waals surface area contributed by atoms with Crippen LogP contribution in [-0.4, -0.2) is 27.7 Å². The first kappa shape index (κ1) is 22.5. The molecule has 3 aromatic rings. The van der Waals surface area contributed by atoms with Crippen LogP contribution in [0.4, 0.5) is 5.69 Å². The van der Waals surface area contributed by atoms with Crippen LogP contribution in [0.5, 0.6) is 17.2 Å². The van der Waals surface area contributed by atoms with E-state index in [0.717, 1.165) is 5.56 Å². The number of anilines is 1. The van der Waals surface area contributed by atoms with Gasteiger partial charge in [0.1, 0.15) is 5.75 Å². The molecule has 1 heterocycles. The third kappa shape index (κ3) is 5.20. The highest BCUT2D eigenvalue weighted by molar-refractivity contribution is 7.92. The molecule has 33 heavy (non-hydrogen) atoms. The average Bonchev–Trinajstić information content (AvgIpc) is 3.27. The summed E-state index contributed by atoms with van der Waals surface area (Å²) >= 11 is 0. The van der Waals surface area contributed by atoms with Gasteiger partial charge in [0.25, 0.3) is 15.9 Å². The van der Waals surface area contributed by atoms with Crippen molar-refractivity contribution in [3.05, 3.63) is 77.4 Å². The largest absolute Gasteiger partial charge is 0.494 e. The fourth-order valence-corrected chi connectivity index (χ4v) is 4.69. The lowest BCUT2D eigenvalue weighted by Crippen LogP contribution is -2.23. The van der Waals surface area contributed by atoms with E-state index in [9.17, 15) is 13.2 Å². The monoisotopic (exact) mass is 468 g/mol. The molecule has 4 rings (SSSR count). The fraction of sp³-hybridized carbons (Fsp3) is 0.208. The van der Waals surface area contributed by atoms with Crippen LogP contribution in [0, 0.1) is 6.92 Å². The van der Waals surface area contributed by atoms with Crippen molar-refractivity contribution in [2.24, 2.45) is 0 Å². The quantitative estimate of drug-likeness (QED) is 0.521. The number of hydrogen-bond acceptors (Lipinski definition) is 6. The Hall–Kier alpha value is -3.72. The van der Waals surface area contributed by atoms with Crippen molar-refractivity contribution < 1.29 is 27.4 Å². The number of ether oxygens (including phenoxy) is 3. The third-order valence-electron chi connectivity index (χ3n) is 5.05. The smallest absolute Gasteiger partial charge is 0.262 e. The van der Waals surface area contributed by atoms with Gasteiger partial charge in [-0.25, -0.2) is 8.42 Å². The van der Waals surface area contributed by atoms with Crippen LogP contribution in [0.3, 0.4) is 0 Å². The Kier molecular flexibility index (Phi) is 6.41. The zero-order valence-corrected chi connectivity index (χ0v) is 19.1. The fourth-order valence-electron chi connectivity index (χ4n) is 3.36. The van der Waals surface area contributed by atoms with Gasteiger partial charge in [0, 0.05) is 17.8 Å². The van der Waals surface area contributed by atoms with Gasteiger partial charge >= 0.3 is 0 Å². The highest BCUT2D eigenvalue weighted by atomic mass is 32.2. The molecule has 2 N–H and O–H groups in total. The molecule has 1 aliphatic rings. The third-order valence-corrected chi connectivity index (χ3v) is 6.57. The number of carbonyl (C=O) groups is 1. The summed E-state index contributed by atoms with van der Waals surface area (Å²) in [6.07, 6.45) is 0. The van der Waals surface area contributed by atoms with Crippen molar-refractivity contribution in [1.82, 2.24) is 5.32 Å². The highest BCUT2D eigenvalue weighted by Crippen LogP contribution is 2.32. The summed E-state index contributed by atoms with van der Waals surface area (Å²) in [5, 5.41) is 2.81. The summed E-state index contributed by atoms with van der Waals surface area (Å²) in [4.78, 5) is 12.7. The lowest BCUT2D eigenvalue weighted by atomic mass is 10.1. The molecular formula is C24H24N2O6S. The van der Waals surface area contributed by atoms with Gasteiger partial charge in [0.15, 0.2) is 11.5 Å². The van der Waals surface area contributed by atoms with Crippen molar-refractivity contribution >= 4 is 21.6 Å². The Balaban J connectivity index is 1.47. The van der Waals surface area contributed by atoms with Crippen molar-refractivity contribution in [1.29, 1.82) is 0 Å². The van der Waals surface area contributed by atoms with E-state index in [0.29, 0.717) is 35.1 Å². The van der Waals surface area contributed by atoms with E-state index in [1.54, 1.807) is 55.5 Å². The summed E-state index contributed by atoms with van der Waals surface area (Å²) < 4.78 is 44.6. The maximum atomic E-state index is 13.0. The Labute approximate surface area is 192 Å². The summed E-state index contributed by atoms with van der Waals surface area (Å²) in [6.45, 7) is 4.51. The van der Waals surface area contributed by atoms with Gasteiger partial charge in [-0.15, -0.1) is 0 Å². The Morgan fingerprint density at radius 3 is 2.52 bits per heavy atom. The second kappa shape index (κ2) is 9.41. The molecule has 172 valence electrons. The minimum absolute atomic E-state index is 0.0344. The summed E-state index contributed by atoms with van der Waals surface area (Å²) in [7, 11) is -3.90. The topological polar surface area (TPSA) is 103 Å². The minimum atomic E-state index is -3.90. The van der Waals surface area contributed by atoms with Crippen molar-refractivity contribution in [3.8, 4) is 17.2 Å². The number of nitrogens with one attached hydrogen (secondary N) is 2. The van der Waals surface area contributed by atoms with Gasteiger partial charge in [0.2, 0.25) is 6.79 Å². The number of benzene rings is 3. The minimum Gasteiger partial charge on any atom is -0.494 e. The lowest BCUT2D eigenvalue weighted by Gasteiger charge is -2.13. The van der Waals surface area contributed by atoms with Crippen LogP contribution in [0.2, 0.25) is 0 Å². The number of hydrogen-bond donors (Lipinski definition) is 2. The molecule has 0 fully saturated rings. The molecule has 0 unspecified atom stereocenters. The van der Waals surface area contributed by atoms with Gasteiger partial charge in [-0.3, -0.25) is 9.52 Å². The van der Waals surface area contributed by atoms with Crippen molar-refractivity contribution in [2.45, 2.75) is 25.3 Å². The predicted octanol–water partition coefficient (Wildman–Crippen LogP) is 3.85. The second-order valence-corrected chi connectivity index (χ2v) is 9.06. The molecule has 0 saturated carbocycles. The molecule has 9 heteroatoms.